The summed E-state index contributed by atoms with van der Waals surface area (Å²) in [6.45, 7) is 4.59. The first-order valence-corrected chi connectivity index (χ1v) is 9.79. The standard InChI is InChI=1S/C21H23FN4O3/c1-3-17-19(12(2)29-25-17)24-20(27)21(28)26-8-6-13(7-9-26)16-11-23-18-10-14(22)4-5-15(16)18/h4-5,10-11,13,23H,3,6-9H2,1-2H3,(H,24,27). The normalized spacial score (nSPS) is 15.1. The predicted octanol–water partition coefficient (Wildman–Crippen LogP) is 3.51. The largest absolute Gasteiger partial charge is 0.361 e. The molecule has 1 saturated heterocycles. The number of anilines is 1. The minimum absolute atomic E-state index is 0.258. The van der Waals surface area contributed by atoms with Gasteiger partial charge < -0.3 is 19.7 Å². The highest BCUT2D eigenvalue weighted by Crippen LogP contribution is 2.33. The maximum absolute atomic E-state index is 13.4. The van der Waals surface area contributed by atoms with Gasteiger partial charge in [0.15, 0.2) is 5.76 Å². The number of aromatic amines is 1. The Kier molecular flexibility index (Phi) is 5.08. The first-order chi connectivity index (χ1) is 14.0. The Labute approximate surface area is 167 Å². The van der Waals surface area contributed by atoms with Crippen LogP contribution in [0.4, 0.5) is 10.1 Å². The van der Waals surface area contributed by atoms with Crippen LogP contribution >= 0.6 is 0 Å². The number of benzene rings is 1. The molecule has 1 fully saturated rings. The summed E-state index contributed by atoms with van der Waals surface area (Å²) in [5.74, 6) is -0.753. The molecule has 4 rings (SSSR count). The van der Waals surface area contributed by atoms with Crippen molar-refractivity contribution in [2.45, 2.75) is 39.0 Å². The number of nitrogens with one attached hydrogen (secondary N) is 2. The summed E-state index contributed by atoms with van der Waals surface area (Å²) in [4.78, 5) is 29.7. The van der Waals surface area contributed by atoms with Crippen molar-refractivity contribution >= 4 is 28.4 Å². The van der Waals surface area contributed by atoms with Crippen LogP contribution in [0.15, 0.2) is 28.9 Å². The van der Waals surface area contributed by atoms with Gasteiger partial charge in [-0.1, -0.05) is 12.1 Å². The number of likely N-dealkylation sites (tertiary alicyclic amines) is 1. The Morgan fingerprint density at radius 2 is 2.10 bits per heavy atom. The van der Waals surface area contributed by atoms with E-state index in [9.17, 15) is 14.0 Å². The molecule has 0 radical (unpaired) electrons. The Morgan fingerprint density at radius 1 is 1.34 bits per heavy atom. The Balaban J connectivity index is 1.40. The molecular weight excluding hydrogens is 375 g/mol. The average molecular weight is 398 g/mol. The number of carbonyl (C=O) groups is 2. The minimum atomic E-state index is -0.674. The number of nitrogens with zero attached hydrogens (tertiary/aromatic N) is 2. The number of aryl methyl sites for hydroxylation is 2. The van der Waals surface area contributed by atoms with Gasteiger partial charge in [0.1, 0.15) is 17.2 Å². The first kappa shape index (κ1) is 19.2. The smallest absolute Gasteiger partial charge is 0.314 e. The van der Waals surface area contributed by atoms with E-state index >= 15 is 0 Å². The molecule has 0 aliphatic carbocycles. The summed E-state index contributed by atoms with van der Waals surface area (Å²) >= 11 is 0. The van der Waals surface area contributed by atoms with Gasteiger partial charge in [-0.05, 0) is 55.9 Å². The number of aromatic nitrogens is 2. The van der Waals surface area contributed by atoms with Crippen LogP contribution in [0.1, 0.15) is 42.7 Å². The third kappa shape index (κ3) is 3.62. The highest BCUT2D eigenvalue weighted by molar-refractivity contribution is 6.39. The fourth-order valence-corrected chi connectivity index (χ4v) is 3.98. The lowest BCUT2D eigenvalue weighted by Crippen LogP contribution is -2.43. The van der Waals surface area contributed by atoms with E-state index in [4.69, 9.17) is 4.52 Å². The third-order valence-corrected chi connectivity index (χ3v) is 5.60. The molecule has 0 atom stereocenters. The first-order valence-electron chi connectivity index (χ1n) is 9.79. The molecule has 1 aliphatic rings. The quantitative estimate of drug-likeness (QED) is 0.661. The van der Waals surface area contributed by atoms with Crippen molar-refractivity contribution < 1.29 is 18.5 Å². The van der Waals surface area contributed by atoms with Gasteiger partial charge in [0.25, 0.3) is 0 Å². The van der Waals surface area contributed by atoms with Crippen molar-refractivity contribution in [1.29, 1.82) is 0 Å². The second-order valence-electron chi connectivity index (χ2n) is 7.37. The summed E-state index contributed by atoms with van der Waals surface area (Å²) in [5.41, 5.74) is 3.00. The molecule has 152 valence electrons. The number of hydrogen-bond acceptors (Lipinski definition) is 4. The minimum Gasteiger partial charge on any atom is -0.361 e. The highest BCUT2D eigenvalue weighted by Gasteiger charge is 2.29. The summed E-state index contributed by atoms with van der Waals surface area (Å²) in [6, 6.07) is 4.73. The number of rotatable bonds is 3. The summed E-state index contributed by atoms with van der Waals surface area (Å²) in [6.07, 6.45) is 4.01. The molecule has 1 aromatic carbocycles. The zero-order valence-electron chi connectivity index (χ0n) is 16.4. The third-order valence-electron chi connectivity index (χ3n) is 5.60. The number of halogens is 1. The van der Waals surface area contributed by atoms with Gasteiger partial charge in [-0.25, -0.2) is 4.39 Å². The van der Waals surface area contributed by atoms with E-state index in [1.165, 1.54) is 12.1 Å². The molecular formula is C21H23FN4O3. The number of fused-ring (bicyclic) bond motifs is 1. The molecule has 2 amide bonds. The molecule has 1 aliphatic heterocycles. The summed E-state index contributed by atoms with van der Waals surface area (Å²) in [7, 11) is 0. The van der Waals surface area contributed by atoms with Crippen LogP contribution in [0.3, 0.4) is 0 Å². The number of carbonyl (C=O) groups excluding carboxylic acids is 2. The van der Waals surface area contributed by atoms with Crippen LogP contribution in [0, 0.1) is 12.7 Å². The second kappa shape index (κ2) is 7.69. The van der Waals surface area contributed by atoms with Gasteiger partial charge >= 0.3 is 11.8 Å². The molecule has 3 heterocycles. The zero-order valence-corrected chi connectivity index (χ0v) is 16.4. The van der Waals surface area contributed by atoms with Crippen LogP contribution < -0.4 is 5.32 Å². The van der Waals surface area contributed by atoms with E-state index in [-0.39, 0.29) is 11.7 Å². The van der Waals surface area contributed by atoms with Crippen molar-refractivity contribution in [2.24, 2.45) is 0 Å². The molecule has 0 unspecified atom stereocenters. The Bertz CT molecular complexity index is 1060. The van der Waals surface area contributed by atoms with Gasteiger partial charge in [0.2, 0.25) is 0 Å². The van der Waals surface area contributed by atoms with Gasteiger partial charge in [0.05, 0.1) is 0 Å². The summed E-state index contributed by atoms with van der Waals surface area (Å²) < 4.78 is 18.5. The van der Waals surface area contributed by atoms with Crippen molar-refractivity contribution in [2.75, 3.05) is 18.4 Å². The van der Waals surface area contributed by atoms with E-state index in [1.54, 1.807) is 17.9 Å². The lowest BCUT2D eigenvalue weighted by atomic mass is 9.89. The lowest BCUT2D eigenvalue weighted by molar-refractivity contribution is -0.143. The SMILES string of the molecule is CCc1noc(C)c1NC(=O)C(=O)N1CCC(c2c[nH]c3cc(F)ccc23)CC1. The predicted molar refractivity (Wildman–Crippen MR) is 106 cm³/mol. The van der Waals surface area contributed by atoms with Gasteiger partial charge in [-0.2, -0.15) is 0 Å². The van der Waals surface area contributed by atoms with E-state index in [0.29, 0.717) is 36.7 Å². The molecule has 3 aromatic rings. The van der Waals surface area contributed by atoms with Crippen molar-refractivity contribution in [3.63, 3.8) is 0 Å². The molecule has 2 aromatic heterocycles. The van der Waals surface area contributed by atoms with Gasteiger partial charge in [0, 0.05) is 30.2 Å². The van der Waals surface area contributed by atoms with Gasteiger partial charge in [-0.3, -0.25) is 9.59 Å². The lowest BCUT2D eigenvalue weighted by Gasteiger charge is -2.31. The molecule has 0 bridgehead atoms. The van der Waals surface area contributed by atoms with Crippen LogP contribution in [0.25, 0.3) is 10.9 Å². The number of amides is 2. The molecule has 29 heavy (non-hydrogen) atoms. The maximum Gasteiger partial charge on any atom is 0.314 e. The zero-order chi connectivity index (χ0) is 20.5. The van der Waals surface area contributed by atoms with E-state index in [2.05, 4.69) is 15.5 Å². The van der Waals surface area contributed by atoms with Crippen molar-refractivity contribution in [1.82, 2.24) is 15.0 Å². The topological polar surface area (TPSA) is 91.2 Å². The Hall–Kier alpha value is -3.16. The molecule has 7 nitrogen and oxygen atoms in total. The number of hydrogen-bond donors (Lipinski definition) is 2. The van der Waals surface area contributed by atoms with E-state index in [1.807, 2.05) is 13.1 Å². The van der Waals surface area contributed by atoms with Crippen LogP contribution in [-0.2, 0) is 16.0 Å². The number of H-pyrrole nitrogens is 1. The fraction of sp³-hybridized carbons (Fsp3) is 0.381. The average Bonchev–Trinajstić information content (AvgIpc) is 3.30. The Morgan fingerprint density at radius 3 is 2.83 bits per heavy atom. The van der Waals surface area contributed by atoms with E-state index < -0.39 is 11.8 Å². The molecule has 8 heteroatoms. The highest BCUT2D eigenvalue weighted by atomic mass is 19.1. The van der Waals surface area contributed by atoms with Crippen molar-refractivity contribution in [3.05, 3.63) is 47.2 Å². The summed E-state index contributed by atoms with van der Waals surface area (Å²) in [5, 5.41) is 7.54. The number of piperidine rings is 1. The molecule has 0 spiro atoms. The van der Waals surface area contributed by atoms with Crippen molar-refractivity contribution in [3.8, 4) is 0 Å². The van der Waals surface area contributed by atoms with Crippen LogP contribution in [0.2, 0.25) is 0 Å². The van der Waals surface area contributed by atoms with Crippen LogP contribution in [-0.4, -0.2) is 39.9 Å². The fourth-order valence-electron chi connectivity index (χ4n) is 3.98. The van der Waals surface area contributed by atoms with Gasteiger partial charge in [-0.15, -0.1) is 0 Å². The maximum atomic E-state index is 13.4. The molecule has 0 saturated carbocycles. The monoisotopic (exact) mass is 398 g/mol. The molecule has 2 N–H and O–H groups in total. The van der Waals surface area contributed by atoms with Crippen LogP contribution in [0.5, 0.6) is 0 Å². The van der Waals surface area contributed by atoms with E-state index in [0.717, 1.165) is 29.3 Å². The second-order valence-corrected chi connectivity index (χ2v) is 7.37.